The van der Waals surface area contributed by atoms with E-state index in [0.29, 0.717) is 5.56 Å². The van der Waals surface area contributed by atoms with Crippen LogP contribution in [0.5, 0.6) is 0 Å². The Hall–Kier alpha value is -1.97. The Kier molecular flexibility index (Phi) is 3.74. The molecule has 2 aromatic carbocycles. The van der Waals surface area contributed by atoms with Gasteiger partial charge in [0.2, 0.25) is 0 Å². The monoisotopic (exact) mass is 293 g/mol. The molecular formula is C17H18F3N. The van der Waals surface area contributed by atoms with Gasteiger partial charge in [-0.2, -0.15) is 13.2 Å². The predicted molar refractivity (Wildman–Crippen MR) is 80.0 cm³/mol. The fourth-order valence-corrected chi connectivity index (χ4v) is 2.14. The minimum atomic E-state index is -4.44. The SMILES string of the molecule is CC(C)(C)c1ccc(-c2ccc(N)c(C(F)(F)F)c2)cc1. The molecule has 2 rings (SSSR count). The Balaban J connectivity index is 2.44. The molecule has 4 heteroatoms. The van der Waals surface area contributed by atoms with Crippen LogP contribution in [0, 0.1) is 0 Å². The molecule has 0 saturated heterocycles. The second-order valence-electron chi connectivity index (χ2n) is 6.13. The molecule has 0 saturated carbocycles. The zero-order chi connectivity index (χ0) is 15.8. The van der Waals surface area contributed by atoms with E-state index in [4.69, 9.17) is 5.73 Å². The van der Waals surface area contributed by atoms with Crippen molar-refractivity contribution in [2.24, 2.45) is 0 Å². The molecule has 2 aromatic rings. The van der Waals surface area contributed by atoms with Gasteiger partial charge < -0.3 is 5.73 Å². The summed E-state index contributed by atoms with van der Waals surface area (Å²) in [4.78, 5) is 0. The van der Waals surface area contributed by atoms with Gasteiger partial charge >= 0.3 is 6.18 Å². The van der Waals surface area contributed by atoms with E-state index < -0.39 is 11.7 Å². The normalized spacial score (nSPS) is 12.5. The van der Waals surface area contributed by atoms with Gasteiger partial charge in [-0.15, -0.1) is 0 Å². The first-order chi connectivity index (χ1) is 9.59. The van der Waals surface area contributed by atoms with E-state index in [1.807, 2.05) is 24.3 Å². The van der Waals surface area contributed by atoms with Crippen molar-refractivity contribution in [1.29, 1.82) is 0 Å². The molecule has 0 aliphatic carbocycles. The average molecular weight is 293 g/mol. The topological polar surface area (TPSA) is 26.0 Å². The molecular weight excluding hydrogens is 275 g/mol. The van der Waals surface area contributed by atoms with Crippen LogP contribution < -0.4 is 5.73 Å². The first-order valence-corrected chi connectivity index (χ1v) is 6.67. The molecule has 0 aliphatic heterocycles. The van der Waals surface area contributed by atoms with Crippen LogP contribution in [0.25, 0.3) is 11.1 Å². The van der Waals surface area contributed by atoms with Crippen molar-refractivity contribution in [2.45, 2.75) is 32.4 Å². The first kappa shape index (κ1) is 15.4. The van der Waals surface area contributed by atoms with Crippen molar-refractivity contribution in [3.63, 3.8) is 0 Å². The van der Waals surface area contributed by atoms with Crippen LogP contribution in [0.1, 0.15) is 31.9 Å². The van der Waals surface area contributed by atoms with Crippen molar-refractivity contribution < 1.29 is 13.2 Å². The van der Waals surface area contributed by atoms with Crippen molar-refractivity contribution in [1.82, 2.24) is 0 Å². The molecule has 0 aromatic heterocycles. The van der Waals surface area contributed by atoms with E-state index in [0.717, 1.165) is 17.2 Å². The van der Waals surface area contributed by atoms with E-state index >= 15 is 0 Å². The van der Waals surface area contributed by atoms with E-state index in [2.05, 4.69) is 20.8 Å². The Labute approximate surface area is 122 Å². The Morgan fingerprint density at radius 3 is 1.81 bits per heavy atom. The smallest absolute Gasteiger partial charge is 0.398 e. The Bertz CT molecular complexity index is 635. The zero-order valence-electron chi connectivity index (χ0n) is 12.3. The highest BCUT2D eigenvalue weighted by molar-refractivity contribution is 5.68. The Morgan fingerprint density at radius 2 is 1.33 bits per heavy atom. The third kappa shape index (κ3) is 3.38. The number of nitrogens with two attached hydrogens (primary N) is 1. The summed E-state index contributed by atoms with van der Waals surface area (Å²) in [7, 11) is 0. The maximum Gasteiger partial charge on any atom is 0.418 e. The van der Waals surface area contributed by atoms with Crippen LogP contribution in [0.4, 0.5) is 18.9 Å². The molecule has 0 unspecified atom stereocenters. The second-order valence-corrected chi connectivity index (χ2v) is 6.13. The number of rotatable bonds is 1. The molecule has 0 fully saturated rings. The van der Waals surface area contributed by atoms with Gasteiger partial charge in [-0.1, -0.05) is 51.1 Å². The highest BCUT2D eigenvalue weighted by Gasteiger charge is 2.33. The second kappa shape index (κ2) is 5.10. The third-order valence-corrected chi connectivity index (χ3v) is 3.44. The number of nitrogen functional groups attached to an aromatic ring is 1. The highest BCUT2D eigenvalue weighted by atomic mass is 19.4. The van der Waals surface area contributed by atoms with E-state index in [-0.39, 0.29) is 11.1 Å². The van der Waals surface area contributed by atoms with Gasteiger partial charge in [-0.3, -0.25) is 0 Å². The molecule has 2 N–H and O–H groups in total. The molecule has 1 nitrogen and oxygen atoms in total. The summed E-state index contributed by atoms with van der Waals surface area (Å²) in [6.45, 7) is 6.27. The van der Waals surface area contributed by atoms with Gasteiger partial charge in [0, 0.05) is 5.69 Å². The number of benzene rings is 2. The number of halogens is 3. The van der Waals surface area contributed by atoms with Crippen molar-refractivity contribution in [3.05, 3.63) is 53.6 Å². The highest BCUT2D eigenvalue weighted by Crippen LogP contribution is 2.36. The predicted octanol–water partition coefficient (Wildman–Crippen LogP) is 5.25. The lowest BCUT2D eigenvalue weighted by atomic mass is 9.86. The fraction of sp³-hybridized carbons (Fsp3) is 0.294. The summed E-state index contributed by atoms with van der Waals surface area (Å²) < 4.78 is 38.7. The van der Waals surface area contributed by atoms with E-state index in [1.54, 1.807) is 6.07 Å². The molecule has 0 spiro atoms. The molecule has 0 bridgehead atoms. The van der Waals surface area contributed by atoms with Crippen molar-refractivity contribution >= 4 is 5.69 Å². The van der Waals surface area contributed by atoms with Gasteiger partial charge in [0.15, 0.2) is 0 Å². The van der Waals surface area contributed by atoms with Crippen LogP contribution in [-0.2, 0) is 11.6 Å². The molecule has 0 aliphatic rings. The van der Waals surface area contributed by atoms with Crippen molar-refractivity contribution in [3.8, 4) is 11.1 Å². The van der Waals surface area contributed by atoms with Gasteiger partial charge in [-0.05, 0) is 34.2 Å². The molecule has 21 heavy (non-hydrogen) atoms. The van der Waals surface area contributed by atoms with Crippen LogP contribution in [0.15, 0.2) is 42.5 Å². The first-order valence-electron chi connectivity index (χ1n) is 6.67. The summed E-state index contributed by atoms with van der Waals surface area (Å²) in [5.41, 5.74) is 6.77. The van der Waals surface area contributed by atoms with Crippen LogP contribution in [0.2, 0.25) is 0 Å². The fourth-order valence-electron chi connectivity index (χ4n) is 2.14. The number of hydrogen-bond acceptors (Lipinski definition) is 1. The van der Waals surface area contributed by atoms with Gasteiger partial charge in [0.1, 0.15) is 0 Å². The number of hydrogen-bond donors (Lipinski definition) is 1. The van der Waals surface area contributed by atoms with Gasteiger partial charge in [0.05, 0.1) is 5.56 Å². The zero-order valence-corrected chi connectivity index (χ0v) is 12.3. The lowest BCUT2D eigenvalue weighted by molar-refractivity contribution is -0.136. The summed E-state index contributed by atoms with van der Waals surface area (Å²) in [6, 6.07) is 11.6. The lowest BCUT2D eigenvalue weighted by Crippen LogP contribution is -2.10. The van der Waals surface area contributed by atoms with E-state index in [9.17, 15) is 13.2 Å². The summed E-state index contributed by atoms with van der Waals surface area (Å²) >= 11 is 0. The van der Waals surface area contributed by atoms with Gasteiger partial charge in [0.25, 0.3) is 0 Å². The number of alkyl halides is 3. The quantitative estimate of drug-likeness (QED) is 0.714. The van der Waals surface area contributed by atoms with Crippen molar-refractivity contribution in [2.75, 3.05) is 5.73 Å². The summed E-state index contributed by atoms with van der Waals surface area (Å²) in [6.07, 6.45) is -4.44. The molecule has 0 heterocycles. The molecule has 0 amide bonds. The van der Waals surface area contributed by atoms with Crippen LogP contribution in [0.3, 0.4) is 0 Å². The maximum atomic E-state index is 12.9. The minimum Gasteiger partial charge on any atom is -0.398 e. The molecule has 0 atom stereocenters. The van der Waals surface area contributed by atoms with Crippen LogP contribution >= 0.6 is 0 Å². The standard InChI is InChI=1S/C17H18F3N/c1-16(2,3)13-7-4-11(5-8-13)12-6-9-15(21)14(10-12)17(18,19)20/h4-10H,21H2,1-3H3. The van der Waals surface area contributed by atoms with E-state index in [1.165, 1.54) is 6.07 Å². The average Bonchev–Trinajstić information content (AvgIpc) is 2.37. The summed E-state index contributed by atoms with van der Waals surface area (Å²) in [5, 5.41) is 0. The number of anilines is 1. The molecule has 112 valence electrons. The largest absolute Gasteiger partial charge is 0.418 e. The maximum absolute atomic E-state index is 12.9. The molecule has 0 radical (unpaired) electrons. The summed E-state index contributed by atoms with van der Waals surface area (Å²) in [5.74, 6) is 0. The van der Waals surface area contributed by atoms with Gasteiger partial charge in [-0.25, -0.2) is 0 Å². The van der Waals surface area contributed by atoms with Crippen LogP contribution in [-0.4, -0.2) is 0 Å². The minimum absolute atomic E-state index is 0.0107. The third-order valence-electron chi connectivity index (χ3n) is 3.44. The Morgan fingerprint density at radius 1 is 0.810 bits per heavy atom. The lowest BCUT2D eigenvalue weighted by Gasteiger charge is -2.19.